The van der Waals surface area contributed by atoms with Gasteiger partial charge in [-0.15, -0.1) is 0 Å². The third-order valence-corrected chi connectivity index (χ3v) is 3.22. The quantitative estimate of drug-likeness (QED) is 0.814. The van der Waals surface area contributed by atoms with Gasteiger partial charge in [-0.3, -0.25) is 4.79 Å². The van der Waals surface area contributed by atoms with E-state index in [1.54, 1.807) is 24.3 Å². The molecule has 0 spiro atoms. The Morgan fingerprint density at radius 3 is 2.65 bits per heavy atom. The minimum Gasteiger partial charge on any atom is -0.480 e. The van der Waals surface area contributed by atoms with Crippen LogP contribution >= 0.6 is 11.6 Å². The minimum atomic E-state index is -0.617. The second-order valence-corrected chi connectivity index (χ2v) is 5.47. The number of nitrogens with one attached hydrogen (secondary N) is 1. The fourth-order valence-corrected chi connectivity index (χ4v) is 1.92. The summed E-state index contributed by atoms with van der Waals surface area (Å²) in [5.41, 5.74) is 0. The lowest BCUT2D eigenvalue weighted by Gasteiger charge is -2.24. The average Bonchev–Trinajstić information content (AvgIpc) is 2.41. The standard InChI is InChI=1S/C15H22ClNO3/c1-4-12(9-18)17-15(19)14(10(2)3)20-13-7-5-6-11(16)8-13/h5-8,10,12,14,18H,4,9H2,1-3H3,(H,17,19). The number of halogens is 1. The highest BCUT2D eigenvalue weighted by Gasteiger charge is 2.25. The summed E-state index contributed by atoms with van der Waals surface area (Å²) >= 11 is 5.90. The van der Waals surface area contributed by atoms with Gasteiger partial charge in [-0.25, -0.2) is 0 Å². The van der Waals surface area contributed by atoms with E-state index < -0.39 is 6.10 Å². The van der Waals surface area contributed by atoms with E-state index in [0.29, 0.717) is 17.2 Å². The number of carbonyl (C=O) groups is 1. The zero-order valence-electron chi connectivity index (χ0n) is 12.1. The van der Waals surface area contributed by atoms with E-state index in [1.165, 1.54) is 0 Å². The van der Waals surface area contributed by atoms with Gasteiger partial charge in [0.2, 0.25) is 0 Å². The van der Waals surface area contributed by atoms with E-state index in [0.717, 1.165) is 0 Å². The van der Waals surface area contributed by atoms with Crippen LogP contribution in [0.15, 0.2) is 24.3 Å². The van der Waals surface area contributed by atoms with Gasteiger partial charge in [0.1, 0.15) is 5.75 Å². The van der Waals surface area contributed by atoms with Crippen LogP contribution in [-0.4, -0.2) is 29.8 Å². The molecular formula is C15H22ClNO3. The summed E-state index contributed by atoms with van der Waals surface area (Å²) in [5, 5.41) is 12.5. The smallest absolute Gasteiger partial charge is 0.261 e. The number of ether oxygens (including phenoxy) is 1. The lowest BCUT2D eigenvalue weighted by molar-refractivity contribution is -0.130. The average molecular weight is 300 g/mol. The first-order valence-electron chi connectivity index (χ1n) is 6.81. The van der Waals surface area contributed by atoms with Crippen LogP contribution in [0.1, 0.15) is 27.2 Å². The Hall–Kier alpha value is -1.26. The maximum Gasteiger partial charge on any atom is 0.261 e. The van der Waals surface area contributed by atoms with Crippen molar-refractivity contribution in [2.24, 2.45) is 5.92 Å². The fourth-order valence-electron chi connectivity index (χ4n) is 1.74. The Bertz CT molecular complexity index is 433. The summed E-state index contributed by atoms with van der Waals surface area (Å²) < 4.78 is 5.73. The first-order chi connectivity index (χ1) is 9.47. The maximum atomic E-state index is 12.2. The summed E-state index contributed by atoms with van der Waals surface area (Å²) in [7, 11) is 0. The monoisotopic (exact) mass is 299 g/mol. The zero-order valence-corrected chi connectivity index (χ0v) is 12.9. The molecule has 0 fully saturated rings. The molecular weight excluding hydrogens is 278 g/mol. The highest BCUT2D eigenvalue weighted by Crippen LogP contribution is 2.20. The lowest BCUT2D eigenvalue weighted by atomic mass is 10.1. The second-order valence-electron chi connectivity index (χ2n) is 5.04. The van der Waals surface area contributed by atoms with Gasteiger partial charge in [0.05, 0.1) is 12.6 Å². The van der Waals surface area contributed by atoms with Gasteiger partial charge >= 0.3 is 0 Å². The summed E-state index contributed by atoms with van der Waals surface area (Å²) in [6.07, 6.45) is 0.0542. The molecule has 0 aliphatic rings. The molecule has 2 N–H and O–H groups in total. The number of hydrogen-bond acceptors (Lipinski definition) is 3. The van der Waals surface area contributed by atoms with Crippen molar-refractivity contribution in [1.82, 2.24) is 5.32 Å². The molecule has 20 heavy (non-hydrogen) atoms. The first kappa shape index (κ1) is 16.8. The van der Waals surface area contributed by atoms with Gasteiger partial charge in [-0.2, -0.15) is 0 Å². The van der Waals surface area contributed by atoms with Gasteiger partial charge in [0, 0.05) is 5.02 Å². The van der Waals surface area contributed by atoms with Crippen molar-refractivity contribution in [3.05, 3.63) is 29.3 Å². The van der Waals surface area contributed by atoms with E-state index in [1.807, 2.05) is 20.8 Å². The van der Waals surface area contributed by atoms with E-state index in [4.69, 9.17) is 21.4 Å². The van der Waals surface area contributed by atoms with Crippen LogP contribution in [0.5, 0.6) is 5.75 Å². The molecule has 0 aliphatic heterocycles. The number of aliphatic hydroxyl groups excluding tert-OH is 1. The largest absolute Gasteiger partial charge is 0.480 e. The molecule has 0 bridgehead atoms. The van der Waals surface area contributed by atoms with Gasteiger partial charge in [-0.05, 0) is 30.5 Å². The second kappa shape index (κ2) is 8.12. The minimum absolute atomic E-state index is 0.00480. The van der Waals surface area contributed by atoms with Crippen molar-refractivity contribution >= 4 is 17.5 Å². The highest BCUT2D eigenvalue weighted by atomic mass is 35.5. The van der Waals surface area contributed by atoms with Crippen LogP contribution in [0.25, 0.3) is 0 Å². The van der Waals surface area contributed by atoms with Crippen LogP contribution < -0.4 is 10.1 Å². The molecule has 0 aromatic heterocycles. The predicted molar refractivity (Wildman–Crippen MR) is 80.0 cm³/mol. The lowest BCUT2D eigenvalue weighted by Crippen LogP contribution is -2.47. The molecule has 1 aromatic rings. The SMILES string of the molecule is CCC(CO)NC(=O)C(Oc1cccc(Cl)c1)C(C)C. The molecule has 0 saturated carbocycles. The van der Waals surface area contributed by atoms with Gasteiger partial charge < -0.3 is 15.2 Å². The van der Waals surface area contributed by atoms with Gasteiger partial charge in [0.15, 0.2) is 6.10 Å². The summed E-state index contributed by atoms with van der Waals surface area (Å²) in [5.74, 6) is 0.342. The first-order valence-corrected chi connectivity index (χ1v) is 7.19. The van der Waals surface area contributed by atoms with Crippen LogP contribution in [0.3, 0.4) is 0 Å². The maximum absolute atomic E-state index is 12.2. The van der Waals surface area contributed by atoms with Crippen molar-refractivity contribution in [2.45, 2.75) is 39.3 Å². The summed E-state index contributed by atoms with van der Waals surface area (Å²) in [6, 6.07) is 6.71. The Morgan fingerprint density at radius 1 is 1.45 bits per heavy atom. The number of rotatable bonds is 7. The Kier molecular flexibility index (Phi) is 6.82. The summed E-state index contributed by atoms with van der Waals surface area (Å²) in [4.78, 5) is 12.2. The van der Waals surface area contributed by atoms with Gasteiger partial charge in [-0.1, -0.05) is 38.4 Å². The molecule has 4 nitrogen and oxygen atoms in total. The molecule has 0 radical (unpaired) electrons. The molecule has 2 unspecified atom stereocenters. The molecule has 5 heteroatoms. The third-order valence-electron chi connectivity index (χ3n) is 2.98. The number of aliphatic hydroxyl groups is 1. The zero-order chi connectivity index (χ0) is 15.1. The van der Waals surface area contributed by atoms with E-state index >= 15 is 0 Å². The van der Waals surface area contributed by atoms with Gasteiger partial charge in [0.25, 0.3) is 5.91 Å². The van der Waals surface area contributed by atoms with Crippen molar-refractivity contribution in [3.8, 4) is 5.75 Å². The summed E-state index contributed by atoms with van der Waals surface area (Å²) in [6.45, 7) is 5.65. The van der Waals surface area contributed by atoms with E-state index in [9.17, 15) is 4.79 Å². The van der Waals surface area contributed by atoms with Crippen molar-refractivity contribution in [1.29, 1.82) is 0 Å². The van der Waals surface area contributed by atoms with Crippen LogP contribution in [0.4, 0.5) is 0 Å². The molecule has 1 aromatic carbocycles. The number of hydrogen-bond donors (Lipinski definition) is 2. The number of amides is 1. The molecule has 112 valence electrons. The van der Waals surface area contributed by atoms with Crippen molar-refractivity contribution in [2.75, 3.05) is 6.61 Å². The number of benzene rings is 1. The highest BCUT2D eigenvalue weighted by molar-refractivity contribution is 6.30. The number of carbonyl (C=O) groups excluding carboxylic acids is 1. The van der Waals surface area contributed by atoms with Crippen LogP contribution in [-0.2, 0) is 4.79 Å². The van der Waals surface area contributed by atoms with Crippen molar-refractivity contribution in [3.63, 3.8) is 0 Å². The Labute approximate surface area is 125 Å². The van der Waals surface area contributed by atoms with E-state index in [-0.39, 0.29) is 24.5 Å². The van der Waals surface area contributed by atoms with Crippen molar-refractivity contribution < 1.29 is 14.6 Å². The Balaban J connectivity index is 2.76. The molecule has 1 rings (SSSR count). The fraction of sp³-hybridized carbons (Fsp3) is 0.533. The molecule has 0 heterocycles. The topological polar surface area (TPSA) is 58.6 Å². The molecule has 0 saturated heterocycles. The third kappa shape index (κ3) is 5.02. The normalized spacial score (nSPS) is 13.9. The molecule has 0 aliphatic carbocycles. The van der Waals surface area contributed by atoms with Crippen LogP contribution in [0.2, 0.25) is 5.02 Å². The predicted octanol–water partition coefficient (Wildman–Crippen LogP) is 2.63. The molecule has 1 amide bonds. The van der Waals surface area contributed by atoms with Crippen LogP contribution in [0, 0.1) is 5.92 Å². The Morgan fingerprint density at radius 2 is 2.15 bits per heavy atom. The molecule has 2 atom stereocenters. The van der Waals surface area contributed by atoms with E-state index in [2.05, 4.69) is 5.32 Å².